The quantitative estimate of drug-likeness (QED) is 0.568. The van der Waals surface area contributed by atoms with Crippen LogP contribution < -0.4 is 4.72 Å². The molecule has 0 fully saturated rings. The van der Waals surface area contributed by atoms with Crippen LogP contribution in [0.1, 0.15) is 46.6 Å². The van der Waals surface area contributed by atoms with Gasteiger partial charge in [0.25, 0.3) is 0 Å². The summed E-state index contributed by atoms with van der Waals surface area (Å²) in [7, 11) is -1.58. The fourth-order valence-electron chi connectivity index (χ4n) is 2.81. The van der Waals surface area contributed by atoms with Gasteiger partial charge in [-0.3, -0.25) is 4.79 Å². The summed E-state index contributed by atoms with van der Waals surface area (Å²) in [5.41, 5.74) is 1.23. The van der Waals surface area contributed by atoms with Gasteiger partial charge in [0.1, 0.15) is 11.3 Å². The van der Waals surface area contributed by atoms with Gasteiger partial charge in [-0.05, 0) is 40.9 Å². The first kappa shape index (κ1) is 23.1. The molecular weight excluding hydrogens is 466 g/mol. The molecule has 0 spiro atoms. The summed E-state index contributed by atoms with van der Waals surface area (Å²) in [6.45, 7) is 3.54. The Hall–Kier alpha value is -2.17. The minimum Gasteiger partial charge on any atom is -0.469 e. The number of nitrogens with one attached hydrogen (secondary N) is 1. The van der Waals surface area contributed by atoms with E-state index in [1.165, 1.54) is 26.4 Å². The minimum absolute atomic E-state index is 0.0443. The maximum absolute atomic E-state index is 13.1. The molecule has 0 saturated heterocycles. The van der Waals surface area contributed by atoms with Gasteiger partial charge >= 0.3 is 11.9 Å². The van der Waals surface area contributed by atoms with Gasteiger partial charge in [0, 0.05) is 6.07 Å². The molecule has 29 heavy (non-hydrogen) atoms. The van der Waals surface area contributed by atoms with Crippen LogP contribution in [0, 0.1) is 6.92 Å². The van der Waals surface area contributed by atoms with Gasteiger partial charge in [-0.1, -0.05) is 24.6 Å². The van der Waals surface area contributed by atoms with E-state index >= 15 is 0 Å². The van der Waals surface area contributed by atoms with Crippen LogP contribution in [0.4, 0.5) is 0 Å². The van der Waals surface area contributed by atoms with Gasteiger partial charge in [0.05, 0.1) is 31.6 Å². The van der Waals surface area contributed by atoms with Crippen LogP contribution in [0.25, 0.3) is 0 Å². The summed E-state index contributed by atoms with van der Waals surface area (Å²) in [6, 6.07) is 5.29. The molecule has 1 aromatic heterocycles. The van der Waals surface area contributed by atoms with Crippen LogP contribution >= 0.6 is 15.9 Å². The predicted molar refractivity (Wildman–Crippen MR) is 108 cm³/mol. The average Bonchev–Trinajstić information content (AvgIpc) is 3.06. The smallest absolute Gasteiger partial charge is 0.341 e. The third-order valence-corrected chi connectivity index (χ3v) is 6.19. The van der Waals surface area contributed by atoms with Crippen LogP contribution in [-0.2, 0) is 30.7 Å². The molecule has 0 aliphatic heterocycles. The zero-order valence-electron chi connectivity index (χ0n) is 16.4. The van der Waals surface area contributed by atoms with Crippen molar-refractivity contribution in [1.29, 1.82) is 0 Å². The van der Waals surface area contributed by atoms with Crippen LogP contribution in [0.5, 0.6) is 0 Å². The molecule has 1 unspecified atom stereocenters. The predicted octanol–water partition coefficient (Wildman–Crippen LogP) is 3.28. The molecule has 158 valence electrons. The molecule has 0 aliphatic carbocycles. The van der Waals surface area contributed by atoms with Crippen molar-refractivity contribution in [1.82, 2.24) is 4.72 Å². The zero-order chi connectivity index (χ0) is 21.8. The molecule has 1 N–H and O–H groups in total. The summed E-state index contributed by atoms with van der Waals surface area (Å²) >= 11 is 3.15. The second-order valence-corrected chi connectivity index (χ2v) is 8.73. The number of hydrogen-bond acceptors (Lipinski definition) is 7. The Morgan fingerprint density at radius 2 is 1.90 bits per heavy atom. The largest absolute Gasteiger partial charge is 0.469 e. The monoisotopic (exact) mass is 487 g/mol. The standard InChI is InChI=1S/C19H22BrNO7S/c1-5-14(18-13(19(23)27-4)10-16(20)28-18)21-29(24,25)15-7-6-11(2)8-12(15)9-17(22)26-3/h6-8,10,14,21H,5,9H2,1-4H3. The van der Waals surface area contributed by atoms with Gasteiger partial charge in [0.15, 0.2) is 4.67 Å². The van der Waals surface area contributed by atoms with Crippen molar-refractivity contribution in [2.24, 2.45) is 0 Å². The van der Waals surface area contributed by atoms with E-state index in [2.05, 4.69) is 25.4 Å². The summed E-state index contributed by atoms with van der Waals surface area (Å²) in [6.07, 6.45) is 0.117. The highest BCUT2D eigenvalue weighted by atomic mass is 79.9. The van der Waals surface area contributed by atoms with Gasteiger partial charge in [0.2, 0.25) is 10.0 Å². The summed E-state index contributed by atoms with van der Waals surface area (Å²) in [5.74, 6) is -1.06. The molecule has 2 aromatic rings. The van der Waals surface area contributed by atoms with E-state index in [1.54, 1.807) is 26.0 Å². The molecule has 0 saturated carbocycles. The van der Waals surface area contributed by atoms with E-state index in [0.29, 0.717) is 12.0 Å². The number of methoxy groups -OCH3 is 2. The average molecular weight is 488 g/mol. The first-order valence-corrected chi connectivity index (χ1v) is 11.0. The van der Waals surface area contributed by atoms with E-state index in [1.807, 2.05) is 0 Å². The van der Waals surface area contributed by atoms with Crippen LogP contribution in [0.3, 0.4) is 0 Å². The number of ether oxygens (including phenoxy) is 2. The normalized spacial score (nSPS) is 12.4. The molecule has 1 aromatic carbocycles. The number of benzene rings is 1. The number of aryl methyl sites for hydroxylation is 1. The number of carbonyl (C=O) groups excluding carboxylic acids is 2. The first-order valence-electron chi connectivity index (χ1n) is 8.69. The van der Waals surface area contributed by atoms with Gasteiger partial charge < -0.3 is 13.9 Å². The highest BCUT2D eigenvalue weighted by molar-refractivity contribution is 9.10. The second-order valence-electron chi connectivity index (χ2n) is 6.27. The topological polar surface area (TPSA) is 112 Å². The van der Waals surface area contributed by atoms with Crippen LogP contribution in [0.2, 0.25) is 0 Å². The summed E-state index contributed by atoms with van der Waals surface area (Å²) in [5, 5.41) is 0. The molecule has 0 radical (unpaired) electrons. The molecule has 0 amide bonds. The Labute approximate surface area is 177 Å². The molecular formula is C19H22BrNO7S. The fraction of sp³-hybridized carbons (Fsp3) is 0.368. The number of carbonyl (C=O) groups is 2. The van der Waals surface area contributed by atoms with Gasteiger partial charge in [-0.15, -0.1) is 0 Å². The fourth-order valence-corrected chi connectivity index (χ4v) is 4.71. The molecule has 2 rings (SSSR count). The highest BCUT2D eigenvalue weighted by Gasteiger charge is 2.29. The Kier molecular flexibility index (Phi) is 7.61. The van der Waals surface area contributed by atoms with Gasteiger partial charge in [-0.2, -0.15) is 0 Å². The lowest BCUT2D eigenvalue weighted by atomic mass is 10.1. The van der Waals surface area contributed by atoms with Crippen molar-refractivity contribution < 1.29 is 31.9 Å². The Bertz CT molecular complexity index is 1010. The third-order valence-electron chi connectivity index (χ3n) is 4.23. The van der Waals surface area contributed by atoms with Crippen LogP contribution in [-0.4, -0.2) is 34.6 Å². The van der Waals surface area contributed by atoms with E-state index in [9.17, 15) is 18.0 Å². The lowest BCUT2D eigenvalue weighted by Crippen LogP contribution is -2.30. The molecule has 1 heterocycles. The van der Waals surface area contributed by atoms with Crippen molar-refractivity contribution in [2.75, 3.05) is 14.2 Å². The molecule has 1 atom stereocenters. The third kappa shape index (κ3) is 5.46. The lowest BCUT2D eigenvalue weighted by Gasteiger charge is -2.18. The Morgan fingerprint density at radius 1 is 1.21 bits per heavy atom. The Balaban J connectivity index is 2.45. The molecule has 10 heteroatoms. The highest BCUT2D eigenvalue weighted by Crippen LogP contribution is 2.30. The van der Waals surface area contributed by atoms with Gasteiger partial charge in [-0.25, -0.2) is 17.9 Å². The summed E-state index contributed by atoms with van der Waals surface area (Å²) in [4.78, 5) is 23.7. The number of esters is 2. The molecule has 8 nitrogen and oxygen atoms in total. The van der Waals surface area contributed by atoms with Crippen molar-refractivity contribution in [3.63, 3.8) is 0 Å². The molecule has 0 bridgehead atoms. The lowest BCUT2D eigenvalue weighted by molar-refractivity contribution is -0.139. The molecule has 0 aliphatic rings. The van der Waals surface area contributed by atoms with E-state index in [4.69, 9.17) is 9.15 Å². The summed E-state index contributed by atoms with van der Waals surface area (Å²) < 4.78 is 44.0. The Morgan fingerprint density at radius 3 is 2.48 bits per heavy atom. The zero-order valence-corrected chi connectivity index (χ0v) is 18.8. The SMILES string of the molecule is CCC(NS(=O)(=O)c1ccc(C)cc1CC(=O)OC)c1oc(Br)cc1C(=O)OC. The number of rotatable bonds is 8. The maximum atomic E-state index is 13.1. The number of halogens is 1. The van der Waals surface area contributed by atoms with Crippen molar-refractivity contribution >= 4 is 37.9 Å². The number of hydrogen-bond donors (Lipinski definition) is 1. The van der Waals surface area contributed by atoms with Crippen LogP contribution in [0.15, 0.2) is 38.2 Å². The minimum atomic E-state index is -4.05. The van der Waals surface area contributed by atoms with Crippen molar-refractivity contribution in [2.45, 2.75) is 37.6 Å². The number of sulfonamides is 1. The van der Waals surface area contributed by atoms with Crippen molar-refractivity contribution in [3.8, 4) is 0 Å². The second kappa shape index (κ2) is 9.55. The maximum Gasteiger partial charge on any atom is 0.341 e. The van der Waals surface area contributed by atoms with E-state index in [0.717, 1.165) is 5.56 Å². The van der Waals surface area contributed by atoms with Crippen molar-refractivity contribution in [3.05, 3.63) is 51.4 Å². The number of furan rings is 1. The first-order chi connectivity index (χ1) is 13.6. The van der Waals surface area contributed by atoms with E-state index < -0.39 is 28.0 Å². The van der Waals surface area contributed by atoms with E-state index in [-0.39, 0.29) is 27.3 Å².